The van der Waals surface area contributed by atoms with Gasteiger partial charge in [0.1, 0.15) is 10.7 Å². The monoisotopic (exact) mass is 371 g/mol. The van der Waals surface area contributed by atoms with Crippen molar-refractivity contribution < 1.29 is 17.5 Å². The Morgan fingerprint density at radius 2 is 2.00 bits per heavy atom. The minimum Gasteiger partial charge on any atom is -0.381 e. The Labute approximate surface area is 148 Å². The summed E-state index contributed by atoms with van der Waals surface area (Å²) in [5, 5.41) is 6.03. The standard InChI is InChI=1S/C17H26FN3O3S/c1-19-17(20-9-4-11-24-13-14-7-8-14)21-10-12-25(22,23)16-6-3-2-5-15(16)18/h2-3,5-6,14H,4,7-13H2,1H3,(H2,19,20,21). The molecular weight excluding hydrogens is 345 g/mol. The molecule has 0 aliphatic heterocycles. The predicted molar refractivity (Wildman–Crippen MR) is 96.0 cm³/mol. The Morgan fingerprint density at radius 1 is 1.28 bits per heavy atom. The quantitative estimate of drug-likeness (QED) is 0.371. The number of hydrogen-bond donors (Lipinski definition) is 2. The SMILES string of the molecule is CN=C(NCCCOCC1CC1)NCCS(=O)(=O)c1ccccc1F. The average Bonchev–Trinajstić information content (AvgIpc) is 3.40. The highest BCUT2D eigenvalue weighted by molar-refractivity contribution is 7.91. The lowest BCUT2D eigenvalue weighted by atomic mass is 10.3. The van der Waals surface area contributed by atoms with Gasteiger partial charge in [-0.15, -0.1) is 0 Å². The van der Waals surface area contributed by atoms with Crippen molar-refractivity contribution in [2.24, 2.45) is 10.9 Å². The molecule has 0 bridgehead atoms. The summed E-state index contributed by atoms with van der Waals surface area (Å²) in [6, 6.07) is 5.40. The number of ether oxygens (including phenoxy) is 1. The number of hydrogen-bond acceptors (Lipinski definition) is 4. The molecule has 8 heteroatoms. The minimum atomic E-state index is -3.67. The van der Waals surface area contributed by atoms with E-state index in [1.165, 1.54) is 31.0 Å². The van der Waals surface area contributed by atoms with E-state index in [9.17, 15) is 12.8 Å². The second kappa shape index (κ2) is 9.72. The van der Waals surface area contributed by atoms with Crippen LogP contribution in [0.15, 0.2) is 34.2 Å². The molecule has 1 aromatic rings. The second-order valence-corrected chi connectivity index (χ2v) is 8.12. The zero-order valence-corrected chi connectivity index (χ0v) is 15.3. The third kappa shape index (κ3) is 6.99. The fourth-order valence-corrected chi connectivity index (χ4v) is 3.49. The third-order valence-electron chi connectivity index (χ3n) is 3.87. The van der Waals surface area contributed by atoms with Gasteiger partial charge in [0.05, 0.1) is 5.75 Å². The average molecular weight is 371 g/mol. The summed E-state index contributed by atoms with van der Waals surface area (Å²) < 4.78 is 43.5. The first-order valence-electron chi connectivity index (χ1n) is 8.52. The smallest absolute Gasteiger partial charge is 0.191 e. The van der Waals surface area contributed by atoms with Crippen molar-refractivity contribution >= 4 is 15.8 Å². The van der Waals surface area contributed by atoms with Gasteiger partial charge in [-0.3, -0.25) is 4.99 Å². The maximum absolute atomic E-state index is 13.6. The number of guanidine groups is 1. The highest BCUT2D eigenvalue weighted by Crippen LogP contribution is 2.28. The van der Waals surface area contributed by atoms with Gasteiger partial charge in [0.25, 0.3) is 0 Å². The fraction of sp³-hybridized carbons (Fsp3) is 0.588. The number of nitrogens with one attached hydrogen (secondary N) is 2. The number of nitrogens with zero attached hydrogens (tertiary/aromatic N) is 1. The molecule has 25 heavy (non-hydrogen) atoms. The maximum Gasteiger partial charge on any atom is 0.191 e. The van der Waals surface area contributed by atoms with Gasteiger partial charge in [0, 0.05) is 33.4 Å². The van der Waals surface area contributed by atoms with E-state index >= 15 is 0 Å². The van der Waals surface area contributed by atoms with Crippen LogP contribution in [0.1, 0.15) is 19.3 Å². The first-order chi connectivity index (χ1) is 12.0. The van der Waals surface area contributed by atoms with Crippen LogP contribution in [-0.2, 0) is 14.6 Å². The van der Waals surface area contributed by atoms with Crippen LogP contribution in [0.5, 0.6) is 0 Å². The van der Waals surface area contributed by atoms with Crippen molar-refractivity contribution in [2.45, 2.75) is 24.2 Å². The zero-order chi connectivity index (χ0) is 18.1. The van der Waals surface area contributed by atoms with Gasteiger partial charge in [0.2, 0.25) is 0 Å². The van der Waals surface area contributed by atoms with Crippen LogP contribution in [0.2, 0.25) is 0 Å². The summed E-state index contributed by atoms with van der Waals surface area (Å²) in [6.07, 6.45) is 3.41. The molecule has 1 saturated carbocycles. The molecule has 0 saturated heterocycles. The Kier molecular flexibility index (Phi) is 7.64. The molecule has 1 aromatic carbocycles. The lowest BCUT2D eigenvalue weighted by Gasteiger charge is -2.12. The van der Waals surface area contributed by atoms with Crippen LogP contribution in [0.25, 0.3) is 0 Å². The maximum atomic E-state index is 13.6. The molecule has 0 heterocycles. The van der Waals surface area contributed by atoms with E-state index in [1.54, 1.807) is 7.05 Å². The van der Waals surface area contributed by atoms with Gasteiger partial charge in [-0.05, 0) is 37.3 Å². The van der Waals surface area contributed by atoms with E-state index in [0.717, 1.165) is 25.0 Å². The molecule has 0 spiro atoms. The van der Waals surface area contributed by atoms with Crippen LogP contribution >= 0.6 is 0 Å². The van der Waals surface area contributed by atoms with E-state index in [1.807, 2.05) is 0 Å². The highest BCUT2D eigenvalue weighted by atomic mass is 32.2. The van der Waals surface area contributed by atoms with Gasteiger partial charge in [-0.2, -0.15) is 0 Å². The first kappa shape index (κ1) is 19.7. The van der Waals surface area contributed by atoms with Crippen LogP contribution < -0.4 is 10.6 Å². The molecular formula is C17H26FN3O3S. The summed E-state index contributed by atoms with van der Waals surface area (Å²) >= 11 is 0. The molecule has 0 radical (unpaired) electrons. The summed E-state index contributed by atoms with van der Waals surface area (Å²) in [6.45, 7) is 2.38. The molecule has 1 fully saturated rings. The normalized spacial score (nSPS) is 15.2. The van der Waals surface area contributed by atoms with Crippen molar-refractivity contribution in [1.82, 2.24) is 10.6 Å². The van der Waals surface area contributed by atoms with Gasteiger partial charge in [0.15, 0.2) is 15.8 Å². The molecule has 1 aliphatic rings. The van der Waals surface area contributed by atoms with Crippen molar-refractivity contribution in [1.29, 1.82) is 0 Å². The van der Waals surface area contributed by atoms with Crippen LogP contribution in [0.4, 0.5) is 4.39 Å². The Balaban J connectivity index is 1.65. The molecule has 6 nitrogen and oxygen atoms in total. The lowest BCUT2D eigenvalue weighted by molar-refractivity contribution is 0.123. The van der Waals surface area contributed by atoms with Crippen molar-refractivity contribution in [2.75, 3.05) is 39.1 Å². The predicted octanol–water partition coefficient (Wildman–Crippen LogP) is 1.58. The number of aliphatic imine (C=N–C) groups is 1. The first-order valence-corrected chi connectivity index (χ1v) is 10.2. The highest BCUT2D eigenvalue weighted by Gasteiger charge is 2.21. The molecule has 2 N–H and O–H groups in total. The topological polar surface area (TPSA) is 79.8 Å². The summed E-state index contributed by atoms with van der Waals surface area (Å²) in [4.78, 5) is 3.77. The lowest BCUT2D eigenvalue weighted by Crippen LogP contribution is -2.40. The molecule has 2 rings (SSSR count). The molecule has 140 valence electrons. The number of rotatable bonds is 10. The van der Waals surface area contributed by atoms with Crippen molar-refractivity contribution in [3.63, 3.8) is 0 Å². The zero-order valence-electron chi connectivity index (χ0n) is 14.5. The van der Waals surface area contributed by atoms with Gasteiger partial charge in [-0.25, -0.2) is 12.8 Å². The molecule has 0 aromatic heterocycles. The Hall–Kier alpha value is -1.67. The van der Waals surface area contributed by atoms with Crippen molar-refractivity contribution in [3.05, 3.63) is 30.1 Å². The van der Waals surface area contributed by atoms with E-state index in [4.69, 9.17) is 4.74 Å². The van der Waals surface area contributed by atoms with Gasteiger partial charge >= 0.3 is 0 Å². The molecule has 0 amide bonds. The molecule has 1 aliphatic carbocycles. The van der Waals surface area contributed by atoms with E-state index in [2.05, 4.69) is 15.6 Å². The van der Waals surface area contributed by atoms with Crippen LogP contribution in [-0.4, -0.2) is 53.5 Å². The van der Waals surface area contributed by atoms with E-state index in [0.29, 0.717) is 19.1 Å². The minimum absolute atomic E-state index is 0.147. The van der Waals surface area contributed by atoms with Crippen molar-refractivity contribution in [3.8, 4) is 0 Å². The number of sulfone groups is 1. The van der Waals surface area contributed by atoms with Gasteiger partial charge in [-0.1, -0.05) is 12.1 Å². The third-order valence-corrected chi connectivity index (χ3v) is 5.61. The van der Waals surface area contributed by atoms with E-state index in [-0.39, 0.29) is 17.2 Å². The molecule has 0 atom stereocenters. The van der Waals surface area contributed by atoms with Crippen LogP contribution in [0, 0.1) is 11.7 Å². The largest absolute Gasteiger partial charge is 0.381 e. The van der Waals surface area contributed by atoms with Crippen LogP contribution in [0.3, 0.4) is 0 Å². The number of benzene rings is 1. The molecule has 0 unspecified atom stereocenters. The number of halogens is 1. The van der Waals surface area contributed by atoms with Gasteiger partial charge < -0.3 is 15.4 Å². The summed E-state index contributed by atoms with van der Waals surface area (Å²) in [5.74, 6) is 0.347. The summed E-state index contributed by atoms with van der Waals surface area (Å²) in [5.41, 5.74) is 0. The van der Waals surface area contributed by atoms with E-state index < -0.39 is 15.7 Å². The second-order valence-electron chi connectivity index (χ2n) is 6.05. The Bertz CT molecular complexity index is 675. The fourth-order valence-electron chi connectivity index (χ4n) is 2.25. The summed E-state index contributed by atoms with van der Waals surface area (Å²) in [7, 11) is -2.05. The Morgan fingerprint density at radius 3 is 2.68 bits per heavy atom.